The van der Waals surface area contributed by atoms with Gasteiger partial charge in [0.05, 0.1) is 5.02 Å². The lowest BCUT2D eigenvalue weighted by atomic mass is 10.1. The Balaban J connectivity index is 1.69. The summed E-state index contributed by atoms with van der Waals surface area (Å²) in [5, 5.41) is 0.430. The Morgan fingerprint density at radius 3 is 2.67 bits per heavy atom. The molecule has 114 valence electrons. The molecule has 21 heavy (non-hydrogen) atoms. The summed E-state index contributed by atoms with van der Waals surface area (Å²) in [5.74, 6) is 0.660. The lowest BCUT2D eigenvalue weighted by Crippen LogP contribution is -2.21. The second-order valence-electron chi connectivity index (χ2n) is 5.39. The Morgan fingerprint density at radius 2 is 2.00 bits per heavy atom. The quantitative estimate of drug-likeness (QED) is 0.615. The fraction of sp³-hybridized carbons (Fsp3) is 0.500. The van der Waals surface area contributed by atoms with Crippen LogP contribution in [0.3, 0.4) is 0 Å². The zero-order chi connectivity index (χ0) is 15.3. The van der Waals surface area contributed by atoms with Crippen LogP contribution in [0, 0.1) is 5.41 Å². The van der Waals surface area contributed by atoms with E-state index in [0.717, 1.165) is 5.56 Å². The van der Waals surface area contributed by atoms with Gasteiger partial charge in [-0.25, -0.2) is 0 Å². The molecule has 1 fully saturated rings. The normalized spacial score (nSPS) is 25.3. The lowest BCUT2D eigenvalue weighted by Gasteiger charge is -2.20. The summed E-state index contributed by atoms with van der Waals surface area (Å²) in [4.78, 5) is 12.0. The van der Waals surface area contributed by atoms with Crippen molar-refractivity contribution in [1.29, 1.82) is 0 Å². The summed E-state index contributed by atoms with van der Waals surface area (Å²) < 4.78 is 15.1. The first kappa shape index (κ1) is 15.1. The highest BCUT2D eigenvalue weighted by atomic mass is 35.5. The maximum Gasteiger partial charge on any atom is 0.315 e. The predicted octanol–water partition coefficient (Wildman–Crippen LogP) is 3.74. The van der Waals surface area contributed by atoms with Gasteiger partial charge in [0.25, 0.3) is 0 Å². The average Bonchev–Trinajstić information content (AvgIpc) is 2.96. The van der Waals surface area contributed by atoms with E-state index >= 15 is 0 Å². The molecule has 1 unspecified atom stereocenters. The Bertz CT molecular complexity index is 602. The molecule has 1 aliphatic carbocycles. The second-order valence-corrected chi connectivity index (χ2v) is 7.28. The van der Waals surface area contributed by atoms with Crippen LogP contribution in [0.15, 0.2) is 12.1 Å². The first-order chi connectivity index (χ1) is 9.83. The van der Waals surface area contributed by atoms with Gasteiger partial charge in [-0.3, -0.25) is 4.79 Å². The van der Waals surface area contributed by atoms with E-state index in [-0.39, 0.29) is 6.61 Å². The first-order valence-corrected chi connectivity index (χ1v) is 7.60. The van der Waals surface area contributed by atoms with Gasteiger partial charge in [-0.1, -0.05) is 11.6 Å². The van der Waals surface area contributed by atoms with Crippen molar-refractivity contribution in [2.24, 2.45) is 5.41 Å². The fourth-order valence-electron chi connectivity index (χ4n) is 2.18. The smallest absolute Gasteiger partial charge is 0.315 e. The molecule has 1 aromatic carbocycles. The van der Waals surface area contributed by atoms with Gasteiger partial charge in [0.2, 0.25) is 0 Å². The number of benzene rings is 1. The monoisotopic (exact) mass is 350 g/mol. The summed E-state index contributed by atoms with van der Waals surface area (Å²) in [7, 11) is 0. The molecule has 0 saturated heterocycles. The molecule has 0 N–H and O–H groups in total. The highest BCUT2D eigenvalue weighted by Crippen LogP contribution is 2.64. The molecule has 0 bridgehead atoms. The molecule has 2 aliphatic rings. The molecule has 0 aromatic heterocycles. The van der Waals surface area contributed by atoms with Gasteiger partial charge in [-0.2, -0.15) is 0 Å². The number of ether oxygens (including phenoxy) is 3. The highest BCUT2D eigenvalue weighted by molar-refractivity contribution is 6.53. The van der Waals surface area contributed by atoms with Crippen molar-refractivity contribution < 1.29 is 19.0 Å². The minimum Gasteiger partial charge on any atom is -0.486 e. The number of hydrogen-bond donors (Lipinski definition) is 0. The minimum atomic E-state index is -1.03. The van der Waals surface area contributed by atoms with Gasteiger partial charge in [0, 0.05) is 6.42 Å². The average molecular weight is 352 g/mol. The van der Waals surface area contributed by atoms with E-state index in [1.54, 1.807) is 19.1 Å². The molecule has 1 aromatic rings. The summed E-state index contributed by atoms with van der Waals surface area (Å²) >= 11 is 18.0. The molecular formula is C14H13Cl3O4. The summed E-state index contributed by atoms with van der Waals surface area (Å²) in [6.45, 7) is 2.69. The zero-order valence-electron chi connectivity index (χ0n) is 11.3. The molecule has 4 nitrogen and oxygen atoms in total. The Hall–Kier alpha value is -0.840. The van der Waals surface area contributed by atoms with E-state index in [1.165, 1.54) is 0 Å². The summed E-state index contributed by atoms with van der Waals surface area (Å²) in [6.07, 6.45) is 0.393. The summed E-state index contributed by atoms with van der Waals surface area (Å²) in [6, 6.07) is 3.43. The van der Waals surface area contributed by atoms with Crippen molar-refractivity contribution in [3.05, 3.63) is 22.7 Å². The van der Waals surface area contributed by atoms with Crippen LogP contribution in [0.25, 0.3) is 0 Å². The van der Waals surface area contributed by atoms with Crippen molar-refractivity contribution in [2.75, 3.05) is 13.2 Å². The molecule has 3 rings (SSSR count). The second kappa shape index (κ2) is 5.11. The largest absolute Gasteiger partial charge is 0.486 e. The summed E-state index contributed by atoms with van der Waals surface area (Å²) in [5.41, 5.74) is -0.120. The molecule has 0 amide bonds. The first-order valence-electron chi connectivity index (χ1n) is 6.46. The molecular weight excluding hydrogens is 339 g/mol. The minimum absolute atomic E-state index is 0.0780. The van der Waals surface area contributed by atoms with Crippen LogP contribution in [0.4, 0.5) is 0 Å². The van der Waals surface area contributed by atoms with E-state index in [4.69, 9.17) is 49.0 Å². The molecule has 0 spiro atoms. The zero-order valence-corrected chi connectivity index (χ0v) is 13.5. The number of hydrogen-bond acceptors (Lipinski definition) is 4. The van der Waals surface area contributed by atoms with Crippen LogP contribution in [0.2, 0.25) is 5.02 Å². The maximum absolute atomic E-state index is 12.0. The number of carbonyl (C=O) groups excluding carboxylic acids is 1. The highest BCUT2D eigenvalue weighted by Gasteiger charge is 2.69. The third kappa shape index (κ3) is 2.65. The van der Waals surface area contributed by atoms with Crippen LogP contribution >= 0.6 is 34.8 Å². The number of carbonyl (C=O) groups is 1. The van der Waals surface area contributed by atoms with Gasteiger partial charge < -0.3 is 14.2 Å². The topological polar surface area (TPSA) is 44.8 Å². The van der Waals surface area contributed by atoms with E-state index in [2.05, 4.69) is 0 Å². The van der Waals surface area contributed by atoms with Gasteiger partial charge in [0.1, 0.15) is 29.6 Å². The molecule has 1 saturated carbocycles. The van der Waals surface area contributed by atoms with Crippen molar-refractivity contribution >= 4 is 40.8 Å². The third-order valence-corrected chi connectivity index (χ3v) is 5.12. The molecule has 1 atom stereocenters. The van der Waals surface area contributed by atoms with Crippen LogP contribution in [-0.2, 0) is 16.1 Å². The SMILES string of the molecule is CC1(C(=O)OCc2cc(Cl)c3c(c2)OCCO3)CC1(Cl)Cl. The van der Waals surface area contributed by atoms with E-state index in [9.17, 15) is 4.79 Å². The van der Waals surface area contributed by atoms with Gasteiger partial charge in [-0.15, -0.1) is 23.2 Å². The Labute approximate surface area is 137 Å². The molecule has 1 heterocycles. The number of halogens is 3. The fourth-order valence-corrected chi connectivity index (χ4v) is 3.15. The van der Waals surface area contributed by atoms with Crippen molar-refractivity contribution in [1.82, 2.24) is 0 Å². The third-order valence-electron chi connectivity index (χ3n) is 3.73. The van der Waals surface area contributed by atoms with Crippen molar-refractivity contribution in [3.8, 4) is 11.5 Å². The maximum atomic E-state index is 12.0. The van der Waals surface area contributed by atoms with Crippen LogP contribution in [-0.4, -0.2) is 23.5 Å². The van der Waals surface area contributed by atoms with Crippen molar-refractivity contribution in [2.45, 2.75) is 24.3 Å². The lowest BCUT2D eigenvalue weighted by molar-refractivity contribution is -0.150. The van der Waals surface area contributed by atoms with Gasteiger partial charge in [0.15, 0.2) is 11.5 Å². The Kier molecular flexibility index (Phi) is 3.67. The van der Waals surface area contributed by atoms with Crippen LogP contribution < -0.4 is 9.47 Å². The number of fused-ring (bicyclic) bond motifs is 1. The van der Waals surface area contributed by atoms with E-state index < -0.39 is 15.7 Å². The molecule has 0 radical (unpaired) electrons. The predicted molar refractivity (Wildman–Crippen MR) is 79.4 cm³/mol. The number of rotatable bonds is 3. The van der Waals surface area contributed by atoms with Crippen LogP contribution in [0.1, 0.15) is 18.9 Å². The van der Waals surface area contributed by atoms with Crippen molar-refractivity contribution in [3.63, 3.8) is 0 Å². The number of alkyl halides is 2. The Morgan fingerprint density at radius 1 is 1.33 bits per heavy atom. The standard InChI is InChI=1S/C14H13Cl3O4/c1-13(7-14(13,16)17)12(18)21-6-8-4-9(15)11-10(5-8)19-2-3-20-11/h4-5H,2-3,6-7H2,1H3. The van der Waals surface area contributed by atoms with Gasteiger partial charge in [-0.05, 0) is 24.6 Å². The van der Waals surface area contributed by atoms with E-state index in [0.29, 0.717) is 36.2 Å². The number of esters is 1. The molecule has 7 heteroatoms. The van der Waals surface area contributed by atoms with Gasteiger partial charge >= 0.3 is 5.97 Å². The molecule has 1 aliphatic heterocycles. The van der Waals surface area contributed by atoms with Crippen LogP contribution in [0.5, 0.6) is 11.5 Å². The van der Waals surface area contributed by atoms with E-state index in [1.807, 2.05) is 0 Å².